The number of fused-ring (bicyclic) bond motifs is 6. The number of para-hydroxylation sites is 1. The van der Waals surface area contributed by atoms with E-state index in [1.807, 2.05) is 56.3 Å². The first kappa shape index (κ1) is 41.5. The zero-order valence-electron chi connectivity index (χ0n) is 35.7. The first-order chi connectivity index (χ1) is 29.1. The normalized spacial score (nSPS) is 37.3. The fourth-order valence-electron chi connectivity index (χ4n) is 13.6. The number of anilines is 1. The Kier molecular flexibility index (Phi) is 9.61. The number of carbonyl (C=O) groups is 4. The van der Waals surface area contributed by atoms with Crippen molar-refractivity contribution >= 4 is 40.9 Å². The molecule has 1 aromatic heterocycles. The molecule has 2 aromatic carbocycles. The maximum absolute atomic E-state index is 15.3. The van der Waals surface area contributed by atoms with Crippen LogP contribution in [-0.2, 0) is 50.6 Å². The third kappa shape index (κ3) is 5.39. The molecule has 0 unspecified atom stereocenters. The van der Waals surface area contributed by atoms with Crippen LogP contribution in [0.15, 0.2) is 48.6 Å². The van der Waals surface area contributed by atoms with Crippen molar-refractivity contribution in [1.82, 2.24) is 9.88 Å². The van der Waals surface area contributed by atoms with E-state index >= 15 is 4.79 Å². The van der Waals surface area contributed by atoms with Crippen LogP contribution >= 0.6 is 0 Å². The monoisotopic (exact) mass is 840 g/mol. The second kappa shape index (κ2) is 14.1. The number of esters is 3. The number of nitrogens with one attached hydrogen (secondary N) is 1. The largest absolute Gasteiger partial charge is 0.633 e. The molecular formula is C46H56N4O11. The third-order valence-electron chi connectivity index (χ3n) is 15.7. The van der Waals surface area contributed by atoms with Crippen molar-refractivity contribution in [3.8, 4) is 5.75 Å². The molecule has 3 aromatic rings. The molecule has 2 saturated heterocycles. The summed E-state index contributed by atoms with van der Waals surface area (Å²) in [7, 11) is 3.97. The smallest absolute Gasteiger partial charge is 0.344 e. The maximum Gasteiger partial charge on any atom is 0.344 e. The molecule has 326 valence electrons. The van der Waals surface area contributed by atoms with Gasteiger partial charge in [-0.1, -0.05) is 44.2 Å². The van der Waals surface area contributed by atoms with Gasteiger partial charge in [0, 0.05) is 70.9 Å². The number of piperidine rings is 1. The SMILES string of the molecule is CC[C@]1(O)C[C@H]2C[C@](C(=O)OC)(c3cc4c(cc3OC)N(C=O)[C@H]3[C@@](O)(C(=O)OC)[C@H](OC(C)=O)[C@]5(CC)C=CCN6CC[C@]43[C@@H]65)c3[nH]c4ccccc4c3CC[N@+]([O-])(C2)C1. The van der Waals surface area contributed by atoms with E-state index in [1.165, 1.54) is 26.0 Å². The zero-order chi connectivity index (χ0) is 43.5. The molecule has 2 bridgehead atoms. The summed E-state index contributed by atoms with van der Waals surface area (Å²) < 4.78 is 23.0. The molecule has 61 heavy (non-hydrogen) atoms. The number of benzene rings is 2. The van der Waals surface area contributed by atoms with Gasteiger partial charge in [-0.15, -0.1) is 0 Å². The quantitative estimate of drug-likeness (QED) is 0.0749. The summed E-state index contributed by atoms with van der Waals surface area (Å²) in [6.07, 6.45) is 4.80. The number of ether oxygens (including phenoxy) is 4. The molecule has 15 nitrogen and oxygen atoms in total. The lowest BCUT2D eigenvalue weighted by Gasteiger charge is -2.63. The number of aromatic nitrogens is 1. The Bertz CT molecular complexity index is 2370. The zero-order valence-corrected chi connectivity index (χ0v) is 35.7. The second-order valence-electron chi connectivity index (χ2n) is 18.5. The number of carbonyl (C=O) groups excluding carboxylic acids is 4. The van der Waals surface area contributed by atoms with Crippen LogP contribution in [0, 0.1) is 16.5 Å². The highest BCUT2D eigenvalue weighted by atomic mass is 16.6. The van der Waals surface area contributed by atoms with Gasteiger partial charge < -0.3 is 48.9 Å². The van der Waals surface area contributed by atoms with Gasteiger partial charge in [-0.25, -0.2) is 4.79 Å². The molecule has 3 N–H and O–H groups in total. The van der Waals surface area contributed by atoms with E-state index in [2.05, 4.69) is 9.88 Å². The number of H-pyrrole nitrogens is 1. The van der Waals surface area contributed by atoms with E-state index in [-0.39, 0.29) is 38.2 Å². The Balaban J connectivity index is 1.38. The van der Waals surface area contributed by atoms with Gasteiger partial charge in [-0.05, 0) is 61.9 Å². The fourth-order valence-corrected chi connectivity index (χ4v) is 13.6. The van der Waals surface area contributed by atoms with E-state index in [1.54, 1.807) is 6.07 Å². The van der Waals surface area contributed by atoms with Crippen LogP contribution in [0.3, 0.4) is 0 Å². The van der Waals surface area contributed by atoms with Crippen LogP contribution in [0.5, 0.6) is 5.75 Å². The average molecular weight is 841 g/mol. The summed E-state index contributed by atoms with van der Waals surface area (Å²) in [6, 6.07) is 9.49. The molecule has 0 radical (unpaired) electrons. The lowest BCUT2D eigenvalue weighted by atomic mass is 9.47. The van der Waals surface area contributed by atoms with Crippen molar-refractivity contribution in [2.24, 2.45) is 11.3 Å². The van der Waals surface area contributed by atoms with Gasteiger partial charge in [-0.2, -0.15) is 0 Å². The van der Waals surface area contributed by atoms with Crippen molar-refractivity contribution in [2.45, 2.75) is 99.5 Å². The number of methoxy groups -OCH3 is 3. The Morgan fingerprint density at radius 2 is 1.77 bits per heavy atom. The summed E-state index contributed by atoms with van der Waals surface area (Å²) in [5, 5.41) is 40.9. The lowest BCUT2D eigenvalue weighted by molar-refractivity contribution is -0.896. The Morgan fingerprint density at radius 1 is 1.02 bits per heavy atom. The standard InChI is InChI=1S/C46H56N4O11/c1-7-42(55)22-28-23-45(40(53)59-5,36-30(14-19-50(57,24-28)25-42)29-12-9-10-13-33(29)47-36)32-20-31-34(21-35(32)58-4)49(26-51)38-44(31)16-18-48-17-11-15-43(8-2,37(44)48)39(61-27(3)52)46(38,56)41(54)60-6/h9-13,15,20-21,26,28,37-39,47,55-56H,7-8,14,16-19,22-25H2,1-6H3/t28-,37-,38+,39+,42-,43+,44+,45-,46-,50-/m0/s1. The minimum Gasteiger partial charge on any atom is -0.633 e. The molecule has 9 rings (SSSR count). The van der Waals surface area contributed by atoms with Crippen molar-refractivity contribution < 1.29 is 53.0 Å². The molecule has 1 aliphatic carbocycles. The van der Waals surface area contributed by atoms with Gasteiger partial charge in [0.1, 0.15) is 23.3 Å². The van der Waals surface area contributed by atoms with Gasteiger partial charge in [-0.3, -0.25) is 19.3 Å². The predicted molar refractivity (Wildman–Crippen MR) is 222 cm³/mol. The second-order valence-corrected chi connectivity index (χ2v) is 18.5. The highest BCUT2D eigenvalue weighted by Gasteiger charge is 2.81. The van der Waals surface area contributed by atoms with Crippen LogP contribution in [0.2, 0.25) is 0 Å². The average Bonchev–Trinajstić information content (AvgIpc) is 3.92. The van der Waals surface area contributed by atoms with E-state index < -0.39 is 74.1 Å². The number of rotatable bonds is 8. The number of amides is 1. The number of hydrogen-bond donors (Lipinski definition) is 3. The molecule has 1 amide bonds. The Hall–Kier alpha value is -4.80. The molecule has 10 atom stereocenters. The minimum atomic E-state index is -2.57. The Labute approximate surface area is 354 Å². The first-order valence-corrected chi connectivity index (χ1v) is 21.4. The van der Waals surface area contributed by atoms with Crippen molar-refractivity contribution in [3.63, 3.8) is 0 Å². The minimum absolute atomic E-state index is 0.0411. The third-order valence-corrected chi connectivity index (χ3v) is 15.7. The fraction of sp³-hybridized carbons (Fsp3) is 0.565. The Morgan fingerprint density at radius 3 is 2.44 bits per heavy atom. The van der Waals surface area contributed by atoms with Gasteiger partial charge in [0.05, 0.1) is 46.1 Å². The molecular weight excluding hydrogens is 785 g/mol. The highest BCUT2D eigenvalue weighted by molar-refractivity contribution is 5.96. The maximum atomic E-state index is 15.3. The van der Waals surface area contributed by atoms with E-state index in [4.69, 9.17) is 18.9 Å². The molecule has 15 heteroatoms. The summed E-state index contributed by atoms with van der Waals surface area (Å²) in [6.45, 7) is 6.48. The van der Waals surface area contributed by atoms with Gasteiger partial charge in [0.2, 0.25) is 12.0 Å². The van der Waals surface area contributed by atoms with Crippen molar-refractivity contribution in [3.05, 3.63) is 76.1 Å². The summed E-state index contributed by atoms with van der Waals surface area (Å²) in [5.74, 6) is -2.58. The molecule has 1 saturated carbocycles. The van der Waals surface area contributed by atoms with Crippen LogP contribution in [0.4, 0.5) is 5.69 Å². The number of hydroxylamine groups is 3. The molecule has 3 fully saturated rings. The topological polar surface area (TPSA) is 191 Å². The van der Waals surface area contributed by atoms with Gasteiger partial charge in [0.15, 0.2) is 6.10 Å². The van der Waals surface area contributed by atoms with Gasteiger partial charge in [0.25, 0.3) is 0 Å². The van der Waals surface area contributed by atoms with Crippen LogP contribution in [-0.4, -0.2) is 133 Å². The number of aliphatic hydroxyl groups is 2. The molecule has 6 aliphatic rings. The highest BCUT2D eigenvalue weighted by Crippen LogP contribution is 2.68. The first-order valence-electron chi connectivity index (χ1n) is 21.4. The van der Waals surface area contributed by atoms with Crippen molar-refractivity contribution in [1.29, 1.82) is 0 Å². The summed E-state index contributed by atoms with van der Waals surface area (Å²) >= 11 is 0. The van der Waals surface area contributed by atoms with Crippen LogP contribution in [0.25, 0.3) is 10.9 Å². The number of hydrogen-bond acceptors (Lipinski definition) is 12. The van der Waals surface area contributed by atoms with Gasteiger partial charge >= 0.3 is 17.9 Å². The van der Waals surface area contributed by atoms with E-state index in [0.29, 0.717) is 67.7 Å². The molecule has 5 aliphatic heterocycles. The molecule has 6 heterocycles. The number of quaternary nitrogens is 1. The number of nitrogens with zero attached hydrogens (tertiary/aromatic N) is 3. The summed E-state index contributed by atoms with van der Waals surface area (Å²) in [5.41, 5.74) is -4.32. The molecule has 1 spiro atoms. The van der Waals surface area contributed by atoms with E-state index in [0.717, 1.165) is 23.6 Å². The lowest BCUT2D eigenvalue weighted by Crippen LogP contribution is -2.81. The predicted octanol–water partition coefficient (Wildman–Crippen LogP) is 3.53. The van der Waals surface area contributed by atoms with E-state index in [9.17, 15) is 29.8 Å². The van der Waals surface area contributed by atoms with Crippen molar-refractivity contribution in [2.75, 3.05) is 59.0 Å². The van der Waals surface area contributed by atoms with Crippen LogP contribution in [0.1, 0.15) is 75.3 Å². The van der Waals surface area contributed by atoms with Crippen LogP contribution < -0.4 is 9.64 Å². The number of aromatic amines is 1. The summed E-state index contributed by atoms with van der Waals surface area (Å²) in [4.78, 5) is 63.7.